The van der Waals surface area contributed by atoms with Gasteiger partial charge in [0, 0.05) is 28.7 Å². The molecule has 4 nitrogen and oxygen atoms in total. The number of pyridine rings is 1. The third-order valence-electron chi connectivity index (χ3n) is 3.90. The van der Waals surface area contributed by atoms with E-state index >= 15 is 0 Å². The molecule has 0 spiro atoms. The minimum atomic E-state index is -0.383. The molecule has 1 amide bonds. The summed E-state index contributed by atoms with van der Waals surface area (Å²) in [5.74, 6) is -0.383. The summed E-state index contributed by atoms with van der Waals surface area (Å²) in [6.45, 7) is 2.67. The fourth-order valence-electron chi connectivity index (χ4n) is 2.67. The van der Waals surface area contributed by atoms with E-state index in [2.05, 4.69) is 5.32 Å². The van der Waals surface area contributed by atoms with Crippen LogP contribution in [0.3, 0.4) is 0 Å². The van der Waals surface area contributed by atoms with E-state index in [1.807, 2.05) is 60.2 Å². The predicted molar refractivity (Wildman–Crippen MR) is 100 cm³/mol. The monoisotopic (exact) mass is 338 g/mol. The number of anilines is 1. The van der Waals surface area contributed by atoms with Crippen LogP contribution in [0.2, 0.25) is 0 Å². The Hall–Kier alpha value is -2.53. The Balaban J connectivity index is 2.03. The molecule has 1 heterocycles. The lowest BCUT2D eigenvalue weighted by molar-refractivity contribution is 0.102. The summed E-state index contributed by atoms with van der Waals surface area (Å²) in [5, 5.41) is 3.38. The molecule has 3 rings (SSSR count). The maximum Gasteiger partial charge on any atom is 0.261 e. The second-order valence-electron chi connectivity index (χ2n) is 5.36. The van der Waals surface area contributed by atoms with E-state index < -0.39 is 0 Å². The van der Waals surface area contributed by atoms with Crippen molar-refractivity contribution in [2.45, 2.75) is 18.4 Å². The van der Waals surface area contributed by atoms with Gasteiger partial charge in [0.25, 0.3) is 5.91 Å². The maximum absolute atomic E-state index is 12.7. The number of nitrogens with zero attached hydrogens (tertiary/aromatic N) is 1. The molecule has 0 aliphatic heterocycles. The Morgan fingerprint density at radius 2 is 1.96 bits per heavy atom. The number of benzene rings is 2. The number of carbonyl (C=O) groups is 1. The minimum absolute atomic E-state index is 0.158. The van der Waals surface area contributed by atoms with Crippen LogP contribution in [0, 0.1) is 0 Å². The largest absolute Gasteiger partial charge is 0.347 e. The average molecular weight is 338 g/mol. The second kappa shape index (κ2) is 6.93. The molecule has 2 aromatic carbocycles. The van der Waals surface area contributed by atoms with Crippen molar-refractivity contribution >= 4 is 34.3 Å². The maximum atomic E-state index is 12.7. The summed E-state index contributed by atoms with van der Waals surface area (Å²) >= 11 is 1.60. The highest BCUT2D eigenvalue weighted by atomic mass is 32.2. The van der Waals surface area contributed by atoms with Crippen molar-refractivity contribution < 1.29 is 4.79 Å². The van der Waals surface area contributed by atoms with Crippen LogP contribution in [0.1, 0.15) is 17.3 Å². The Bertz CT molecular complexity index is 963. The van der Waals surface area contributed by atoms with E-state index in [1.165, 1.54) is 0 Å². The lowest BCUT2D eigenvalue weighted by Gasteiger charge is -2.12. The molecule has 0 aliphatic carbocycles. The SMILES string of the molecule is CCn1cc(C(=O)Nc2cccc(SC)c2)c(=O)c2ccccc21. The first-order chi connectivity index (χ1) is 11.6. The molecule has 0 unspecified atom stereocenters. The minimum Gasteiger partial charge on any atom is -0.347 e. The van der Waals surface area contributed by atoms with Gasteiger partial charge in [0.05, 0.1) is 5.52 Å². The number of thioether (sulfide) groups is 1. The van der Waals surface area contributed by atoms with E-state index in [0.29, 0.717) is 17.6 Å². The van der Waals surface area contributed by atoms with Crippen molar-refractivity contribution in [3.05, 3.63) is 70.5 Å². The van der Waals surface area contributed by atoms with E-state index in [9.17, 15) is 9.59 Å². The number of para-hydroxylation sites is 1. The first-order valence-corrected chi connectivity index (χ1v) is 8.94. The zero-order chi connectivity index (χ0) is 17.1. The summed E-state index contributed by atoms with van der Waals surface area (Å²) in [4.78, 5) is 26.3. The molecular formula is C19H18N2O2S. The van der Waals surface area contributed by atoms with Crippen LogP contribution in [0.5, 0.6) is 0 Å². The molecule has 0 bridgehead atoms. The molecule has 1 N–H and O–H groups in total. The number of rotatable bonds is 4. The molecule has 0 saturated carbocycles. The van der Waals surface area contributed by atoms with Gasteiger partial charge in [0.2, 0.25) is 5.43 Å². The lowest BCUT2D eigenvalue weighted by Crippen LogP contribution is -2.23. The Morgan fingerprint density at radius 3 is 2.71 bits per heavy atom. The van der Waals surface area contributed by atoms with Crippen molar-refractivity contribution in [2.75, 3.05) is 11.6 Å². The predicted octanol–water partition coefficient (Wildman–Crippen LogP) is 4.00. The zero-order valence-corrected chi connectivity index (χ0v) is 14.4. The lowest BCUT2D eigenvalue weighted by atomic mass is 10.1. The topological polar surface area (TPSA) is 51.1 Å². The number of hydrogen-bond donors (Lipinski definition) is 1. The van der Waals surface area contributed by atoms with Crippen molar-refractivity contribution in [2.24, 2.45) is 0 Å². The molecule has 0 radical (unpaired) electrons. The normalized spacial score (nSPS) is 10.8. The molecular weight excluding hydrogens is 320 g/mol. The summed E-state index contributed by atoms with van der Waals surface area (Å²) in [6.07, 6.45) is 3.61. The van der Waals surface area contributed by atoms with Crippen LogP contribution in [-0.2, 0) is 6.54 Å². The highest BCUT2D eigenvalue weighted by Crippen LogP contribution is 2.19. The zero-order valence-electron chi connectivity index (χ0n) is 13.6. The molecule has 3 aromatic rings. The third-order valence-corrected chi connectivity index (χ3v) is 4.63. The first-order valence-electron chi connectivity index (χ1n) is 7.71. The van der Waals surface area contributed by atoms with Gasteiger partial charge in [-0.15, -0.1) is 11.8 Å². The van der Waals surface area contributed by atoms with Crippen LogP contribution in [0.15, 0.2) is 64.4 Å². The molecule has 5 heteroatoms. The van der Waals surface area contributed by atoms with E-state index in [1.54, 1.807) is 24.0 Å². The van der Waals surface area contributed by atoms with Crippen LogP contribution in [0.25, 0.3) is 10.9 Å². The quantitative estimate of drug-likeness (QED) is 0.732. The average Bonchev–Trinajstić information content (AvgIpc) is 2.62. The molecule has 122 valence electrons. The van der Waals surface area contributed by atoms with Gasteiger partial charge < -0.3 is 9.88 Å². The van der Waals surface area contributed by atoms with Gasteiger partial charge >= 0.3 is 0 Å². The van der Waals surface area contributed by atoms with Crippen molar-refractivity contribution in [1.29, 1.82) is 0 Å². The van der Waals surface area contributed by atoms with Crippen LogP contribution < -0.4 is 10.7 Å². The Labute approximate surface area is 144 Å². The number of aromatic nitrogens is 1. The molecule has 0 aliphatic rings. The van der Waals surface area contributed by atoms with Crippen LogP contribution >= 0.6 is 11.8 Å². The highest BCUT2D eigenvalue weighted by Gasteiger charge is 2.15. The molecule has 0 saturated heterocycles. The highest BCUT2D eigenvalue weighted by molar-refractivity contribution is 7.98. The third kappa shape index (κ3) is 3.08. The summed E-state index contributed by atoms with van der Waals surface area (Å²) < 4.78 is 1.92. The molecule has 24 heavy (non-hydrogen) atoms. The van der Waals surface area contributed by atoms with Gasteiger partial charge in [-0.2, -0.15) is 0 Å². The number of fused-ring (bicyclic) bond motifs is 1. The van der Waals surface area contributed by atoms with Crippen molar-refractivity contribution in [3.63, 3.8) is 0 Å². The summed E-state index contributed by atoms with van der Waals surface area (Å²) in [5.41, 5.74) is 1.44. The number of nitrogens with one attached hydrogen (secondary N) is 1. The molecule has 0 fully saturated rings. The Morgan fingerprint density at radius 1 is 1.17 bits per heavy atom. The summed E-state index contributed by atoms with van der Waals surface area (Å²) in [6, 6.07) is 14.9. The van der Waals surface area contributed by atoms with Gasteiger partial charge in [-0.25, -0.2) is 0 Å². The Kier molecular flexibility index (Phi) is 4.71. The van der Waals surface area contributed by atoms with Crippen LogP contribution in [0.4, 0.5) is 5.69 Å². The molecule has 0 atom stereocenters. The van der Waals surface area contributed by atoms with Gasteiger partial charge in [-0.1, -0.05) is 18.2 Å². The van der Waals surface area contributed by atoms with Gasteiger partial charge in [0.15, 0.2) is 0 Å². The number of aryl methyl sites for hydroxylation is 1. The smallest absolute Gasteiger partial charge is 0.261 e. The number of hydrogen-bond acceptors (Lipinski definition) is 3. The number of amides is 1. The van der Waals surface area contributed by atoms with Crippen LogP contribution in [-0.4, -0.2) is 16.7 Å². The van der Waals surface area contributed by atoms with E-state index in [-0.39, 0.29) is 16.9 Å². The van der Waals surface area contributed by atoms with Gasteiger partial charge in [0.1, 0.15) is 5.56 Å². The van der Waals surface area contributed by atoms with Gasteiger partial charge in [-0.05, 0) is 43.5 Å². The van der Waals surface area contributed by atoms with E-state index in [4.69, 9.17) is 0 Å². The standard InChI is InChI=1S/C19H18N2O2S/c1-3-21-12-16(18(22)15-9-4-5-10-17(15)21)19(23)20-13-7-6-8-14(11-13)24-2/h4-12H,3H2,1-2H3,(H,20,23). The van der Waals surface area contributed by atoms with Crippen molar-refractivity contribution in [3.8, 4) is 0 Å². The number of carbonyl (C=O) groups excluding carboxylic acids is 1. The van der Waals surface area contributed by atoms with E-state index in [0.717, 1.165) is 10.4 Å². The van der Waals surface area contributed by atoms with Crippen molar-refractivity contribution in [1.82, 2.24) is 4.57 Å². The van der Waals surface area contributed by atoms with Gasteiger partial charge in [-0.3, -0.25) is 9.59 Å². The fraction of sp³-hybridized carbons (Fsp3) is 0.158. The fourth-order valence-corrected chi connectivity index (χ4v) is 3.13. The molecule has 1 aromatic heterocycles. The first kappa shape index (κ1) is 16.3. The second-order valence-corrected chi connectivity index (χ2v) is 6.24. The summed E-state index contributed by atoms with van der Waals surface area (Å²) in [7, 11) is 0.